The average Bonchev–Trinajstić information content (AvgIpc) is 3.02. The summed E-state index contributed by atoms with van der Waals surface area (Å²) < 4.78 is 0. The van der Waals surface area contributed by atoms with Crippen molar-refractivity contribution in [2.24, 2.45) is 0 Å². The lowest BCUT2D eigenvalue weighted by Gasteiger charge is -2.26. The van der Waals surface area contributed by atoms with Crippen molar-refractivity contribution in [3.8, 4) is 0 Å². The molecular formula is C17H24N2O2. The monoisotopic (exact) mass is 288 g/mol. The van der Waals surface area contributed by atoms with Crippen LogP contribution in [0.2, 0.25) is 0 Å². The second-order valence-electron chi connectivity index (χ2n) is 6.78. The van der Waals surface area contributed by atoms with Crippen molar-refractivity contribution in [2.45, 2.75) is 31.3 Å². The number of hydrogen-bond donors (Lipinski definition) is 1. The predicted octanol–water partition coefficient (Wildman–Crippen LogP) is 1.31. The topological polar surface area (TPSA) is 43.8 Å². The highest BCUT2D eigenvalue weighted by atomic mass is 16.3. The van der Waals surface area contributed by atoms with E-state index >= 15 is 0 Å². The molecule has 4 nitrogen and oxygen atoms in total. The first kappa shape index (κ1) is 14.5. The predicted molar refractivity (Wildman–Crippen MR) is 82.5 cm³/mol. The van der Waals surface area contributed by atoms with E-state index in [1.54, 1.807) is 4.90 Å². The molecule has 1 amide bonds. The molecule has 1 saturated heterocycles. The number of aryl methyl sites for hydroxylation is 2. The number of benzene rings is 1. The third-order valence-electron chi connectivity index (χ3n) is 4.58. The number of nitrogens with zero attached hydrogens (tertiary/aromatic N) is 2. The quantitative estimate of drug-likeness (QED) is 0.912. The molecule has 114 valence electrons. The van der Waals surface area contributed by atoms with Crippen LogP contribution in [-0.2, 0) is 12.8 Å². The molecule has 2 aliphatic rings. The molecule has 0 spiro atoms. The second-order valence-corrected chi connectivity index (χ2v) is 6.78. The third-order valence-corrected chi connectivity index (χ3v) is 4.58. The van der Waals surface area contributed by atoms with Gasteiger partial charge in [-0.25, -0.2) is 0 Å². The standard InChI is InChI=1S/C17H24N2O2/c1-18(2)11-17(21)8-9-19(12-17)16(20)15-7-6-13-4-3-5-14(13)10-15/h6-7,10,21H,3-5,8-9,11-12H2,1-2H3/t17-/m0/s1. The van der Waals surface area contributed by atoms with Crippen LogP contribution in [0.15, 0.2) is 18.2 Å². The molecule has 1 N–H and O–H groups in total. The highest BCUT2D eigenvalue weighted by Crippen LogP contribution is 2.26. The summed E-state index contributed by atoms with van der Waals surface area (Å²) in [4.78, 5) is 16.4. The first-order chi connectivity index (χ1) is 9.97. The number of carbonyl (C=O) groups excluding carboxylic acids is 1. The maximum atomic E-state index is 12.6. The number of fused-ring (bicyclic) bond motifs is 1. The lowest BCUT2D eigenvalue weighted by atomic mass is 10.0. The normalized spacial score (nSPS) is 24.7. The van der Waals surface area contributed by atoms with Crippen LogP contribution in [0.4, 0.5) is 0 Å². The summed E-state index contributed by atoms with van der Waals surface area (Å²) >= 11 is 0. The number of likely N-dealkylation sites (N-methyl/N-ethyl adjacent to an activating group) is 1. The van der Waals surface area contributed by atoms with Crippen LogP contribution in [0.3, 0.4) is 0 Å². The van der Waals surface area contributed by atoms with Gasteiger partial charge in [-0.1, -0.05) is 6.07 Å². The van der Waals surface area contributed by atoms with Crippen LogP contribution < -0.4 is 0 Å². The Kier molecular flexibility index (Phi) is 3.76. The molecule has 0 bridgehead atoms. The smallest absolute Gasteiger partial charge is 0.253 e. The molecule has 1 fully saturated rings. The van der Waals surface area contributed by atoms with E-state index in [1.165, 1.54) is 17.5 Å². The Morgan fingerprint density at radius 1 is 1.33 bits per heavy atom. The molecule has 0 radical (unpaired) electrons. The fraction of sp³-hybridized carbons (Fsp3) is 0.588. The average molecular weight is 288 g/mol. The molecule has 1 aromatic rings. The maximum Gasteiger partial charge on any atom is 0.253 e. The molecule has 0 unspecified atom stereocenters. The van der Waals surface area contributed by atoms with E-state index in [1.807, 2.05) is 31.1 Å². The lowest BCUT2D eigenvalue weighted by Crippen LogP contribution is -2.43. The van der Waals surface area contributed by atoms with Gasteiger partial charge < -0.3 is 14.9 Å². The number of β-amino-alcohol motifs (C(OH)–C–C–N with tert-alkyl or cyclic N) is 1. The minimum absolute atomic E-state index is 0.0550. The van der Waals surface area contributed by atoms with E-state index in [0.29, 0.717) is 26.1 Å². The second kappa shape index (κ2) is 5.43. The highest BCUT2D eigenvalue weighted by Gasteiger charge is 2.38. The molecule has 1 atom stereocenters. The van der Waals surface area contributed by atoms with Gasteiger partial charge in [-0.2, -0.15) is 0 Å². The molecule has 3 rings (SSSR count). The summed E-state index contributed by atoms with van der Waals surface area (Å²) in [5.74, 6) is 0.0550. The van der Waals surface area contributed by atoms with E-state index in [2.05, 4.69) is 6.07 Å². The van der Waals surface area contributed by atoms with Crippen molar-refractivity contribution in [3.05, 3.63) is 34.9 Å². The molecular weight excluding hydrogens is 264 g/mol. The summed E-state index contributed by atoms with van der Waals surface area (Å²) in [6.07, 6.45) is 4.07. The van der Waals surface area contributed by atoms with E-state index < -0.39 is 5.60 Å². The van der Waals surface area contributed by atoms with Gasteiger partial charge in [0.25, 0.3) is 5.91 Å². The fourth-order valence-electron chi connectivity index (χ4n) is 3.63. The fourth-order valence-corrected chi connectivity index (χ4v) is 3.63. The van der Waals surface area contributed by atoms with Gasteiger partial charge in [-0.3, -0.25) is 4.79 Å². The number of carbonyl (C=O) groups is 1. The molecule has 4 heteroatoms. The van der Waals surface area contributed by atoms with E-state index in [0.717, 1.165) is 18.4 Å². The Bertz CT molecular complexity index is 556. The number of aliphatic hydroxyl groups is 1. The van der Waals surface area contributed by atoms with Crippen molar-refractivity contribution in [2.75, 3.05) is 33.7 Å². The van der Waals surface area contributed by atoms with Gasteiger partial charge in [0, 0.05) is 18.7 Å². The van der Waals surface area contributed by atoms with E-state index in [-0.39, 0.29) is 5.91 Å². The number of amides is 1. The van der Waals surface area contributed by atoms with Crippen LogP contribution in [0.25, 0.3) is 0 Å². The Morgan fingerprint density at radius 2 is 2.10 bits per heavy atom. The van der Waals surface area contributed by atoms with Gasteiger partial charge in [0.05, 0.1) is 12.1 Å². The maximum absolute atomic E-state index is 12.6. The number of rotatable bonds is 3. The Hall–Kier alpha value is -1.39. The van der Waals surface area contributed by atoms with Crippen LogP contribution >= 0.6 is 0 Å². The third kappa shape index (κ3) is 2.97. The SMILES string of the molecule is CN(C)C[C@@]1(O)CCN(C(=O)c2ccc3c(c2)CCC3)C1. The summed E-state index contributed by atoms with van der Waals surface area (Å²) in [5.41, 5.74) is 2.71. The molecule has 0 saturated carbocycles. The van der Waals surface area contributed by atoms with Crippen LogP contribution in [-0.4, -0.2) is 60.1 Å². The first-order valence-corrected chi connectivity index (χ1v) is 7.75. The first-order valence-electron chi connectivity index (χ1n) is 7.75. The number of hydrogen-bond acceptors (Lipinski definition) is 3. The van der Waals surface area contributed by atoms with Gasteiger partial charge >= 0.3 is 0 Å². The van der Waals surface area contributed by atoms with Gasteiger partial charge in [-0.05, 0) is 63.0 Å². The number of likely N-dealkylation sites (tertiary alicyclic amines) is 1. The Balaban J connectivity index is 1.72. The van der Waals surface area contributed by atoms with Crippen LogP contribution in [0.5, 0.6) is 0 Å². The lowest BCUT2D eigenvalue weighted by molar-refractivity contribution is 0.0236. The summed E-state index contributed by atoms with van der Waals surface area (Å²) in [6, 6.07) is 6.08. The van der Waals surface area contributed by atoms with Crippen molar-refractivity contribution >= 4 is 5.91 Å². The summed E-state index contributed by atoms with van der Waals surface area (Å²) in [5, 5.41) is 10.5. The van der Waals surface area contributed by atoms with Crippen molar-refractivity contribution in [3.63, 3.8) is 0 Å². The van der Waals surface area contributed by atoms with E-state index in [9.17, 15) is 9.90 Å². The summed E-state index contributed by atoms with van der Waals surface area (Å²) in [7, 11) is 3.89. The highest BCUT2D eigenvalue weighted by molar-refractivity contribution is 5.94. The zero-order valence-electron chi connectivity index (χ0n) is 12.9. The zero-order valence-corrected chi connectivity index (χ0v) is 12.9. The minimum atomic E-state index is -0.768. The van der Waals surface area contributed by atoms with Gasteiger partial charge in [-0.15, -0.1) is 0 Å². The molecule has 1 heterocycles. The molecule has 0 aromatic heterocycles. The molecule has 1 aliphatic carbocycles. The van der Waals surface area contributed by atoms with Crippen LogP contribution in [0.1, 0.15) is 34.3 Å². The van der Waals surface area contributed by atoms with Gasteiger partial charge in [0.2, 0.25) is 0 Å². The van der Waals surface area contributed by atoms with Crippen molar-refractivity contribution in [1.29, 1.82) is 0 Å². The zero-order chi connectivity index (χ0) is 15.0. The molecule has 1 aliphatic heterocycles. The minimum Gasteiger partial charge on any atom is -0.387 e. The Labute approximate surface area is 126 Å². The van der Waals surface area contributed by atoms with Crippen LogP contribution in [0, 0.1) is 0 Å². The summed E-state index contributed by atoms with van der Waals surface area (Å²) in [6.45, 7) is 1.67. The van der Waals surface area contributed by atoms with Crippen molar-refractivity contribution in [1.82, 2.24) is 9.80 Å². The van der Waals surface area contributed by atoms with Gasteiger partial charge in [0.1, 0.15) is 0 Å². The van der Waals surface area contributed by atoms with Crippen molar-refractivity contribution < 1.29 is 9.90 Å². The van der Waals surface area contributed by atoms with Gasteiger partial charge in [0.15, 0.2) is 0 Å². The Morgan fingerprint density at radius 3 is 2.86 bits per heavy atom. The molecule has 21 heavy (non-hydrogen) atoms. The largest absolute Gasteiger partial charge is 0.387 e. The van der Waals surface area contributed by atoms with E-state index in [4.69, 9.17) is 0 Å². The molecule has 1 aromatic carbocycles.